The molecule has 0 unspecified atom stereocenters. The van der Waals surface area contributed by atoms with Crippen molar-refractivity contribution in [1.82, 2.24) is 23.5 Å². The predicted octanol–water partition coefficient (Wildman–Crippen LogP) is 12.2. The van der Waals surface area contributed by atoms with Crippen molar-refractivity contribution in [2.45, 2.75) is 0 Å². The normalized spacial score (nSPS) is 12.6. The fourth-order valence-electron chi connectivity index (χ4n) is 9.13. The van der Waals surface area contributed by atoms with Crippen LogP contribution in [0.25, 0.3) is 114 Å². The van der Waals surface area contributed by atoms with Crippen molar-refractivity contribution >= 4 is 113 Å². The maximum Gasteiger partial charge on any atom is 0.237 e. The summed E-state index contributed by atoms with van der Waals surface area (Å²) in [4.78, 5) is 11.2. The summed E-state index contributed by atoms with van der Waals surface area (Å²) in [6, 6.07) is 54.8. The smallest absolute Gasteiger partial charge is 0.237 e. The largest absolute Gasteiger partial charge is 0.308 e. The van der Waals surface area contributed by atoms with E-state index in [1.54, 1.807) is 11.3 Å². The molecule has 13 rings (SSSR count). The lowest BCUT2D eigenvalue weighted by Gasteiger charge is -2.13. The van der Waals surface area contributed by atoms with Gasteiger partial charge in [-0.3, -0.25) is 9.13 Å². The SMILES string of the molecule is c1ccc2c(c1)sc1c(-n3c4ccccc4c4ccccc43)nc(-n3c4ccccc4c4cc5c6ccccc6n6c7ccccc7c(c43)c56)nc12. The first-order valence-electron chi connectivity index (χ1n) is 17.6. The van der Waals surface area contributed by atoms with E-state index in [2.05, 4.69) is 165 Å². The molecule has 6 heteroatoms. The standard InChI is InChI=1S/C46H25N5S/c1-8-20-35-26(13-1)27-14-2-9-21-36(27)50(35)45-44-41(31-18-6-12-24-39(31)52-44)47-46(48-45)51-37-22-10-4-16-29(37)33-25-32-28-15-3-7-19-34(28)49-38-23-11-5-17-30(38)40(42(32)49)43(33)51/h1-25H. The Morgan fingerprint density at radius 2 is 0.885 bits per heavy atom. The number of hydrogen-bond donors (Lipinski definition) is 0. The maximum atomic E-state index is 5.67. The molecular formula is C46H25N5S. The number of thiophene rings is 1. The van der Waals surface area contributed by atoms with Crippen LogP contribution in [0.15, 0.2) is 152 Å². The first-order valence-corrected chi connectivity index (χ1v) is 18.4. The van der Waals surface area contributed by atoms with Crippen LogP contribution in [0.5, 0.6) is 0 Å². The van der Waals surface area contributed by atoms with Gasteiger partial charge in [0, 0.05) is 53.2 Å². The van der Waals surface area contributed by atoms with E-state index in [-0.39, 0.29) is 0 Å². The fraction of sp³-hybridized carbons (Fsp3) is 0. The minimum Gasteiger partial charge on any atom is -0.308 e. The highest BCUT2D eigenvalue weighted by molar-refractivity contribution is 7.26. The van der Waals surface area contributed by atoms with E-state index < -0.39 is 0 Å². The van der Waals surface area contributed by atoms with Gasteiger partial charge in [0.25, 0.3) is 0 Å². The molecule has 0 aliphatic rings. The summed E-state index contributed by atoms with van der Waals surface area (Å²) in [6.45, 7) is 0. The molecule has 5 nitrogen and oxygen atoms in total. The Kier molecular flexibility index (Phi) is 4.94. The van der Waals surface area contributed by atoms with Gasteiger partial charge in [0.15, 0.2) is 5.82 Å². The van der Waals surface area contributed by atoms with Gasteiger partial charge in [0.05, 0.1) is 48.8 Å². The third-order valence-electron chi connectivity index (χ3n) is 11.2. The zero-order valence-electron chi connectivity index (χ0n) is 27.6. The molecule has 0 radical (unpaired) electrons. The zero-order valence-corrected chi connectivity index (χ0v) is 28.4. The van der Waals surface area contributed by atoms with Gasteiger partial charge in [0.1, 0.15) is 0 Å². The minimum atomic E-state index is 0.668. The lowest BCUT2D eigenvalue weighted by atomic mass is 10.0. The second-order valence-corrected chi connectivity index (χ2v) is 14.8. The molecule has 0 spiro atoms. The quantitative estimate of drug-likeness (QED) is 0.182. The summed E-state index contributed by atoms with van der Waals surface area (Å²) >= 11 is 1.77. The van der Waals surface area contributed by atoms with Gasteiger partial charge in [-0.1, -0.05) is 109 Å². The highest BCUT2D eigenvalue weighted by atomic mass is 32.1. The second-order valence-electron chi connectivity index (χ2n) is 13.8. The monoisotopic (exact) mass is 679 g/mol. The fourth-order valence-corrected chi connectivity index (χ4v) is 10.3. The molecule has 0 aliphatic carbocycles. The number of benzene rings is 7. The number of para-hydroxylation sites is 5. The van der Waals surface area contributed by atoms with Crippen LogP contribution in [0.1, 0.15) is 0 Å². The first kappa shape index (κ1) is 27.0. The number of hydrogen-bond acceptors (Lipinski definition) is 3. The Balaban J connectivity index is 1.27. The number of rotatable bonds is 2. The Bertz CT molecular complexity index is 3600. The van der Waals surface area contributed by atoms with Crippen LogP contribution in [0.2, 0.25) is 0 Å². The van der Waals surface area contributed by atoms with Crippen LogP contribution in [-0.2, 0) is 0 Å². The van der Waals surface area contributed by atoms with E-state index in [4.69, 9.17) is 9.97 Å². The van der Waals surface area contributed by atoms with Crippen LogP contribution in [0.3, 0.4) is 0 Å². The van der Waals surface area contributed by atoms with Crippen molar-refractivity contribution in [3.05, 3.63) is 152 Å². The molecule has 0 bridgehead atoms. The van der Waals surface area contributed by atoms with Crippen LogP contribution in [0, 0.1) is 0 Å². The maximum absolute atomic E-state index is 5.67. The van der Waals surface area contributed by atoms with Crippen LogP contribution < -0.4 is 0 Å². The molecule has 52 heavy (non-hydrogen) atoms. The lowest BCUT2D eigenvalue weighted by molar-refractivity contribution is 0.978. The summed E-state index contributed by atoms with van der Waals surface area (Å²) in [5, 5.41) is 11.0. The first-order chi connectivity index (χ1) is 25.8. The molecule has 0 atom stereocenters. The highest BCUT2D eigenvalue weighted by Gasteiger charge is 2.27. The average molecular weight is 680 g/mol. The Morgan fingerprint density at radius 3 is 1.56 bits per heavy atom. The molecule has 0 aliphatic heterocycles. The number of fused-ring (bicyclic) bond motifs is 16. The van der Waals surface area contributed by atoms with Crippen molar-refractivity contribution in [2.75, 3.05) is 0 Å². The van der Waals surface area contributed by atoms with E-state index in [1.807, 2.05) is 0 Å². The summed E-state index contributed by atoms with van der Waals surface area (Å²) in [7, 11) is 0. The summed E-state index contributed by atoms with van der Waals surface area (Å²) in [5.41, 5.74) is 9.14. The molecule has 0 amide bonds. The van der Waals surface area contributed by atoms with E-state index in [9.17, 15) is 0 Å². The second kappa shape index (κ2) is 9.51. The van der Waals surface area contributed by atoms with E-state index in [1.165, 1.54) is 64.3 Å². The molecule has 0 N–H and O–H groups in total. The molecule has 0 fully saturated rings. The van der Waals surface area contributed by atoms with E-state index in [0.29, 0.717) is 5.95 Å². The van der Waals surface area contributed by atoms with Crippen molar-refractivity contribution in [3.63, 3.8) is 0 Å². The topological polar surface area (TPSA) is 40.0 Å². The molecule has 0 saturated carbocycles. The Labute approximate surface area is 299 Å². The summed E-state index contributed by atoms with van der Waals surface area (Å²) in [6.07, 6.45) is 0. The molecular weight excluding hydrogens is 655 g/mol. The summed E-state index contributed by atoms with van der Waals surface area (Å²) < 4.78 is 9.43. The van der Waals surface area contributed by atoms with E-state index >= 15 is 0 Å². The number of aromatic nitrogens is 5. The molecule has 7 aromatic carbocycles. The highest BCUT2D eigenvalue weighted by Crippen LogP contribution is 2.47. The average Bonchev–Trinajstić information content (AvgIpc) is 3.99. The van der Waals surface area contributed by atoms with Gasteiger partial charge in [-0.05, 0) is 42.5 Å². The summed E-state index contributed by atoms with van der Waals surface area (Å²) in [5.74, 6) is 1.57. The Morgan fingerprint density at radius 1 is 0.404 bits per heavy atom. The Hall–Kier alpha value is -6.76. The van der Waals surface area contributed by atoms with Crippen LogP contribution in [0.4, 0.5) is 0 Å². The molecule has 13 aromatic rings. The van der Waals surface area contributed by atoms with Gasteiger partial charge >= 0.3 is 0 Å². The van der Waals surface area contributed by atoms with Crippen molar-refractivity contribution < 1.29 is 0 Å². The molecule has 6 heterocycles. The van der Waals surface area contributed by atoms with Gasteiger partial charge in [0.2, 0.25) is 5.95 Å². The zero-order chi connectivity index (χ0) is 33.7. The van der Waals surface area contributed by atoms with Gasteiger partial charge in [-0.2, -0.15) is 4.98 Å². The third kappa shape index (κ3) is 3.20. The van der Waals surface area contributed by atoms with Crippen molar-refractivity contribution in [3.8, 4) is 11.8 Å². The van der Waals surface area contributed by atoms with Gasteiger partial charge < -0.3 is 4.40 Å². The molecule has 0 saturated heterocycles. The van der Waals surface area contributed by atoms with Crippen LogP contribution >= 0.6 is 11.3 Å². The van der Waals surface area contributed by atoms with Crippen molar-refractivity contribution in [1.29, 1.82) is 0 Å². The van der Waals surface area contributed by atoms with E-state index in [0.717, 1.165) is 43.5 Å². The molecule has 240 valence electrons. The van der Waals surface area contributed by atoms with Gasteiger partial charge in [-0.15, -0.1) is 11.3 Å². The third-order valence-corrected chi connectivity index (χ3v) is 12.3. The minimum absolute atomic E-state index is 0.668. The number of nitrogens with zero attached hydrogens (tertiary/aromatic N) is 5. The molecule has 6 aromatic heterocycles. The predicted molar refractivity (Wildman–Crippen MR) is 218 cm³/mol. The van der Waals surface area contributed by atoms with Gasteiger partial charge in [-0.25, -0.2) is 4.98 Å². The van der Waals surface area contributed by atoms with Crippen LogP contribution in [-0.4, -0.2) is 23.5 Å². The lowest BCUT2D eigenvalue weighted by Crippen LogP contribution is -2.06. The van der Waals surface area contributed by atoms with Crippen molar-refractivity contribution in [2.24, 2.45) is 0 Å².